The van der Waals surface area contributed by atoms with E-state index in [2.05, 4.69) is 17.6 Å². The third-order valence-corrected chi connectivity index (χ3v) is 3.13. The van der Waals surface area contributed by atoms with Crippen LogP contribution in [0.25, 0.3) is 0 Å². The van der Waals surface area contributed by atoms with Crippen molar-refractivity contribution in [3.63, 3.8) is 0 Å². The highest BCUT2D eigenvalue weighted by Gasteiger charge is 2.11. The van der Waals surface area contributed by atoms with Crippen LogP contribution in [0.3, 0.4) is 0 Å². The van der Waals surface area contributed by atoms with Crippen LogP contribution in [0.5, 0.6) is 0 Å². The Labute approximate surface area is 120 Å². The summed E-state index contributed by atoms with van der Waals surface area (Å²) in [5, 5.41) is 6.25. The zero-order valence-corrected chi connectivity index (χ0v) is 11.9. The van der Waals surface area contributed by atoms with Gasteiger partial charge in [-0.1, -0.05) is 37.3 Å². The molecule has 3 nitrogen and oxygen atoms in total. The summed E-state index contributed by atoms with van der Waals surface area (Å²) in [6.45, 7) is 4.94. The lowest BCUT2D eigenvalue weighted by atomic mass is 10.1. The molecule has 2 aromatic carbocycles. The number of carbonyl (C=O) groups is 1. The first-order valence-corrected chi connectivity index (χ1v) is 6.92. The fraction of sp³-hybridized carbons (Fsp3) is 0.235. The Hall–Kier alpha value is -2.29. The maximum absolute atomic E-state index is 12.4. The summed E-state index contributed by atoms with van der Waals surface area (Å²) in [6.07, 6.45) is 1.02. The zero-order chi connectivity index (χ0) is 14.4. The highest BCUT2D eigenvalue weighted by atomic mass is 16.1. The van der Waals surface area contributed by atoms with Gasteiger partial charge in [-0.3, -0.25) is 4.79 Å². The van der Waals surface area contributed by atoms with Gasteiger partial charge in [-0.05, 0) is 37.1 Å². The number of rotatable bonds is 5. The van der Waals surface area contributed by atoms with Crippen molar-refractivity contribution in [3.8, 4) is 0 Å². The van der Waals surface area contributed by atoms with E-state index in [4.69, 9.17) is 0 Å². The van der Waals surface area contributed by atoms with E-state index in [0.29, 0.717) is 5.56 Å². The Balaban J connectivity index is 2.19. The summed E-state index contributed by atoms with van der Waals surface area (Å²) in [5.41, 5.74) is 3.45. The lowest BCUT2D eigenvalue weighted by molar-refractivity contribution is 0.102. The molecule has 0 fully saturated rings. The van der Waals surface area contributed by atoms with Crippen molar-refractivity contribution in [2.24, 2.45) is 0 Å². The number of nitrogens with one attached hydrogen (secondary N) is 2. The summed E-state index contributed by atoms with van der Waals surface area (Å²) in [5.74, 6) is -0.0847. The Morgan fingerprint density at radius 2 is 1.65 bits per heavy atom. The van der Waals surface area contributed by atoms with Gasteiger partial charge in [-0.2, -0.15) is 0 Å². The van der Waals surface area contributed by atoms with E-state index in [9.17, 15) is 4.79 Å². The summed E-state index contributed by atoms with van der Waals surface area (Å²) >= 11 is 0. The second kappa shape index (κ2) is 6.75. The molecule has 20 heavy (non-hydrogen) atoms. The molecule has 0 heterocycles. The largest absolute Gasteiger partial charge is 0.384 e. The predicted molar refractivity (Wildman–Crippen MR) is 84.4 cm³/mol. The van der Waals surface area contributed by atoms with Crippen molar-refractivity contribution in [2.75, 3.05) is 17.2 Å². The zero-order valence-electron chi connectivity index (χ0n) is 11.9. The molecule has 0 unspecified atom stereocenters. The highest BCUT2D eigenvalue weighted by Crippen LogP contribution is 2.19. The van der Waals surface area contributed by atoms with Gasteiger partial charge in [0.25, 0.3) is 5.91 Å². The molecule has 2 rings (SSSR count). The van der Waals surface area contributed by atoms with Gasteiger partial charge >= 0.3 is 0 Å². The van der Waals surface area contributed by atoms with E-state index in [1.165, 1.54) is 0 Å². The maximum atomic E-state index is 12.4. The lowest BCUT2D eigenvalue weighted by Crippen LogP contribution is -2.15. The van der Waals surface area contributed by atoms with E-state index < -0.39 is 0 Å². The second-order valence-electron chi connectivity index (χ2n) is 4.74. The van der Waals surface area contributed by atoms with Crippen LogP contribution in [-0.4, -0.2) is 12.5 Å². The van der Waals surface area contributed by atoms with Crippen molar-refractivity contribution < 1.29 is 4.79 Å². The SMILES string of the molecule is CCCNc1ccccc1C(=O)Nc1ccccc1C. The van der Waals surface area contributed by atoms with Crippen LogP contribution in [0, 0.1) is 6.92 Å². The van der Waals surface area contributed by atoms with Gasteiger partial charge in [0.05, 0.1) is 5.56 Å². The number of hydrogen-bond acceptors (Lipinski definition) is 2. The minimum atomic E-state index is -0.0847. The summed E-state index contributed by atoms with van der Waals surface area (Å²) in [4.78, 5) is 12.4. The summed E-state index contributed by atoms with van der Waals surface area (Å²) in [7, 11) is 0. The van der Waals surface area contributed by atoms with Gasteiger partial charge in [0.1, 0.15) is 0 Å². The third kappa shape index (κ3) is 3.38. The van der Waals surface area contributed by atoms with Crippen LogP contribution in [0.4, 0.5) is 11.4 Å². The first-order valence-electron chi connectivity index (χ1n) is 6.92. The van der Waals surface area contributed by atoms with Crippen molar-refractivity contribution in [2.45, 2.75) is 20.3 Å². The number of para-hydroxylation sites is 2. The van der Waals surface area contributed by atoms with Crippen molar-refractivity contribution in [1.29, 1.82) is 0 Å². The van der Waals surface area contributed by atoms with Gasteiger partial charge in [0, 0.05) is 17.9 Å². The molecule has 0 aliphatic rings. The van der Waals surface area contributed by atoms with Crippen LogP contribution in [0.1, 0.15) is 29.3 Å². The smallest absolute Gasteiger partial charge is 0.257 e. The number of benzene rings is 2. The number of carbonyl (C=O) groups excluding carboxylic acids is 1. The molecule has 3 heteroatoms. The van der Waals surface area contributed by atoms with E-state index in [1.54, 1.807) is 0 Å². The maximum Gasteiger partial charge on any atom is 0.257 e. The minimum absolute atomic E-state index is 0.0847. The van der Waals surface area contributed by atoms with Crippen LogP contribution in [-0.2, 0) is 0 Å². The Morgan fingerprint density at radius 1 is 1.00 bits per heavy atom. The second-order valence-corrected chi connectivity index (χ2v) is 4.74. The van der Waals surface area contributed by atoms with Gasteiger partial charge in [-0.15, -0.1) is 0 Å². The first kappa shape index (κ1) is 14.1. The van der Waals surface area contributed by atoms with E-state index in [0.717, 1.165) is 29.9 Å². The van der Waals surface area contributed by atoms with Crippen LogP contribution in [0.15, 0.2) is 48.5 Å². The predicted octanol–water partition coefficient (Wildman–Crippen LogP) is 4.07. The van der Waals surface area contributed by atoms with Crippen LogP contribution < -0.4 is 10.6 Å². The number of hydrogen-bond donors (Lipinski definition) is 2. The lowest BCUT2D eigenvalue weighted by Gasteiger charge is -2.12. The van der Waals surface area contributed by atoms with E-state index in [-0.39, 0.29) is 5.91 Å². The molecule has 104 valence electrons. The van der Waals surface area contributed by atoms with Gasteiger partial charge < -0.3 is 10.6 Å². The molecule has 0 aliphatic carbocycles. The Morgan fingerprint density at radius 3 is 2.35 bits per heavy atom. The number of anilines is 2. The standard InChI is InChI=1S/C17H20N2O/c1-3-12-18-16-11-7-5-9-14(16)17(20)19-15-10-6-4-8-13(15)2/h4-11,18H,3,12H2,1-2H3,(H,19,20). The van der Waals surface area contributed by atoms with Gasteiger partial charge in [0.15, 0.2) is 0 Å². The van der Waals surface area contributed by atoms with Gasteiger partial charge in [0.2, 0.25) is 0 Å². The molecular weight excluding hydrogens is 248 g/mol. The van der Waals surface area contributed by atoms with E-state index in [1.807, 2.05) is 55.5 Å². The molecule has 0 saturated carbocycles. The number of amides is 1. The molecule has 0 aromatic heterocycles. The van der Waals surface area contributed by atoms with Gasteiger partial charge in [-0.25, -0.2) is 0 Å². The molecule has 2 aromatic rings. The highest BCUT2D eigenvalue weighted by molar-refractivity contribution is 6.08. The first-order chi connectivity index (χ1) is 9.72. The van der Waals surface area contributed by atoms with E-state index >= 15 is 0 Å². The van der Waals surface area contributed by atoms with Crippen molar-refractivity contribution in [1.82, 2.24) is 0 Å². The minimum Gasteiger partial charge on any atom is -0.384 e. The van der Waals surface area contributed by atoms with Crippen molar-refractivity contribution >= 4 is 17.3 Å². The number of aryl methyl sites for hydroxylation is 1. The topological polar surface area (TPSA) is 41.1 Å². The Kier molecular flexibility index (Phi) is 4.77. The molecule has 0 saturated heterocycles. The molecule has 0 radical (unpaired) electrons. The molecule has 0 aliphatic heterocycles. The van der Waals surface area contributed by atoms with Crippen molar-refractivity contribution in [3.05, 3.63) is 59.7 Å². The average Bonchev–Trinajstić information content (AvgIpc) is 2.47. The Bertz CT molecular complexity index is 593. The normalized spacial score (nSPS) is 10.1. The fourth-order valence-electron chi connectivity index (χ4n) is 2.00. The average molecular weight is 268 g/mol. The molecule has 0 spiro atoms. The molecule has 2 N–H and O–H groups in total. The molecule has 1 amide bonds. The third-order valence-electron chi connectivity index (χ3n) is 3.13. The summed E-state index contributed by atoms with van der Waals surface area (Å²) in [6, 6.07) is 15.4. The summed E-state index contributed by atoms with van der Waals surface area (Å²) < 4.78 is 0. The monoisotopic (exact) mass is 268 g/mol. The van der Waals surface area contributed by atoms with Crippen LogP contribution >= 0.6 is 0 Å². The fourth-order valence-corrected chi connectivity index (χ4v) is 2.00. The molecular formula is C17H20N2O. The molecule has 0 atom stereocenters. The molecule has 0 bridgehead atoms. The quantitative estimate of drug-likeness (QED) is 0.858. The van der Waals surface area contributed by atoms with Crippen LogP contribution in [0.2, 0.25) is 0 Å².